The van der Waals surface area contributed by atoms with Crippen LogP contribution < -0.4 is 10.5 Å². The first-order valence-electron chi connectivity index (χ1n) is 10.8. The van der Waals surface area contributed by atoms with Crippen molar-refractivity contribution in [1.29, 1.82) is 0 Å². The second-order valence-corrected chi connectivity index (χ2v) is 7.91. The fourth-order valence-corrected chi connectivity index (χ4v) is 3.94. The SMILES string of the molecule is Nc1ncnc2c1c(-c1ccc(Oc3ccccc3)cc1)nn2CCN1C(=O)CCC(O)C1=O. The number of ether oxygens (including phenoxy) is 1. The summed E-state index contributed by atoms with van der Waals surface area (Å²) < 4.78 is 7.45. The first kappa shape index (κ1) is 21.5. The smallest absolute Gasteiger partial charge is 0.258 e. The van der Waals surface area contributed by atoms with Crippen LogP contribution in [0.3, 0.4) is 0 Å². The number of imide groups is 1. The number of aliphatic hydroxyl groups is 1. The van der Waals surface area contributed by atoms with Gasteiger partial charge in [0.1, 0.15) is 35.4 Å². The number of hydrogen-bond acceptors (Lipinski definition) is 8. The molecule has 1 unspecified atom stereocenters. The second kappa shape index (κ2) is 8.91. The molecule has 3 N–H and O–H groups in total. The number of carbonyl (C=O) groups is 2. The number of rotatable bonds is 6. The number of benzene rings is 2. The Morgan fingerprint density at radius 1 is 1.00 bits per heavy atom. The Bertz CT molecular complexity index is 1350. The van der Waals surface area contributed by atoms with Gasteiger partial charge >= 0.3 is 0 Å². The number of nitrogens with two attached hydrogens (primary N) is 1. The Labute approximate surface area is 194 Å². The van der Waals surface area contributed by atoms with Crippen LogP contribution in [0, 0.1) is 0 Å². The highest BCUT2D eigenvalue weighted by Gasteiger charge is 2.33. The van der Waals surface area contributed by atoms with Gasteiger partial charge in [0.05, 0.1) is 11.9 Å². The lowest BCUT2D eigenvalue weighted by Gasteiger charge is -2.27. The molecule has 10 heteroatoms. The van der Waals surface area contributed by atoms with Crippen molar-refractivity contribution in [3.63, 3.8) is 0 Å². The van der Waals surface area contributed by atoms with Gasteiger partial charge in [-0.3, -0.25) is 14.5 Å². The molecule has 34 heavy (non-hydrogen) atoms. The lowest BCUT2D eigenvalue weighted by Crippen LogP contribution is -2.48. The van der Waals surface area contributed by atoms with E-state index in [9.17, 15) is 14.7 Å². The number of anilines is 1. The molecule has 172 valence electrons. The molecule has 1 aliphatic heterocycles. The molecule has 2 aromatic heterocycles. The predicted octanol–water partition coefficient (Wildman–Crippen LogP) is 2.38. The topological polar surface area (TPSA) is 136 Å². The zero-order valence-corrected chi connectivity index (χ0v) is 18.2. The van der Waals surface area contributed by atoms with Crippen LogP contribution in [0.4, 0.5) is 5.82 Å². The second-order valence-electron chi connectivity index (χ2n) is 7.91. The Morgan fingerprint density at radius 3 is 2.50 bits per heavy atom. The lowest BCUT2D eigenvalue weighted by atomic mass is 10.1. The molecule has 1 saturated heterocycles. The summed E-state index contributed by atoms with van der Waals surface area (Å²) in [5.74, 6) is 0.778. The molecule has 4 aromatic rings. The van der Waals surface area contributed by atoms with Gasteiger partial charge < -0.3 is 15.6 Å². The van der Waals surface area contributed by atoms with Crippen molar-refractivity contribution < 1.29 is 19.4 Å². The lowest BCUT2D eigenvalue weighted by molar-refractivity contribution is -0.155. The quantitative estimate of drug-likeness (QED) is 0.420. The first-order chi connectivity index (χ1) is 16.5. The molecule has 10 nitrogen and oxygen atoms in total. The largest absolute Gasteiger partial charge is 0.457 e. The summed E-state index contributed by atoms with van der Waals surface area (Å²) in [5, 5.41) is 15.1. The Kier molecular flexibility index (Phi) is 5.64. The van der Waals surface area contributed by atoms with E-state index < -0.39 is 12.0 Å². The number of likely N-dealkylation sites (tertiary alicyclic amines) is 1. The highest BCUT2D eigenvalue weighted by atomic mass is 16.5. The van der Waals surface area contributed by atoms with Gasteiger partial charge in [-0.05, 0) is 42.8 Å². The van der Waals surface area contributed by atoms with Crippen molar-refractivity contribution in [3.8, 4) is 22.8 Å². The number of aromatic nitrogens is 4. The van der Waals surface area contributed by atoms with Crippen LogP contribution in [0.1, 0.15) is 12.8 Å². The first-order valence-corrected chi connectivity index (χ1v) is 10.8. The molecule has 1 aliphatic rings. The van der Waals surface area contributed by atoms with Crippen molar-refractivity contribution in [2.24, 2.45) is 0 Å². The fourth-order valence-electron chi connectivity index (χ4n) is 3.94. The molecule has 1 atom stereocenters. The average Bonchev–Trinajstić information content (AvgIpc) is 3.23. The Balaban J connectivity index is 1.43. The number of aliphatic hydroxyl groups excluding tert-OH is 1. The molecular formula is C24H22N6O4. The zero-order chi connectivity index (χ0) is 23.7. The molecule has 1 fully saturated rings. The third-order valence-corrected chi connectivity index (χ3v) is 5.68. The van der Waals surface area contributed by atoms with Gasteiger partial charge in [-0.15, -0.1) is 0 Å². The van der Waals surface area contributed by atoms with Crippen molar-refractivity contribution in [3.05, 3.63) is 60.9 Å². The number of nitrogens with zero attached hydrogens (tertiary/aromatic N) is 5. The van der Waals surface area contributed by atoms with Crippen LogP contribution in [0.15, 0.2) is 60.9 Å². The molecule has 0 saturated carbocycles. The predicted molar refractivity (Wildman–Crippen MR) is 124 cm³/mol. The van der Waals surface area contributed by atoms with E-state index in [1.165, 1.54) is 6.33 Å². The highest BCUT2D eigenvalue weighted by Crippen LogP contribution is 2.32. The summed E-state index contributed by atoms with van der Waals surface area (Å²) in [4.78, 5) is 33.9. The van der Waals surface area contributed by atoms with E-state index in [-0.39, 0.29) is 37.7 Å². The van der Waals surface area contributed by atoms with Crippen molar-refractivity contribution >= 4 is 28.7 Å². The van der Waals surface area contributed by atoms with E-state index in [4.69, 9.17) is 10.5 Å². The van der Waals surface area contributed by atoms with E-state index in [0.29, 0.717) is 22.5 Å². The summed E-state index contributed by atoms with van der Waals surface area (Å²) in [5.41, 5.74) is 8.01. The van der Waals surface area contributed by atoms with Gasteiger partial charge in [0.15, 0.2) is 5.65 Å². The number of hydrogen-bond donors (Lipinski definition) is 2. The number of para-hydroxylation sites is 1. The third kappa shape index (κ3) is 4.06. The zero-order valence-electron chi connectivity index (χ0n) is 18.2. The minimum absolute atomic E-state index is 0.0682. The van der Waals surface area contributed by atoms with E-state index >= 15 is 0 Å². The van der Waals surface area contributed by atoms with Gasteiger partial charge in [0, 0.05) is 18.5 Å². The standard InChI is InChI=1S/C24H22N6O4/c25-22-20-21(15-6-8-17(9-7-15)34-16-4-2-1-3-5-16)28-30(23(20)27-14-26-22)13-12-29-19(32)11-10-18(31)24(29)33/h1-9,14,18,31H,10-13H2,(H2,25,26,27). The molecule has 0 bridgehead atoms. The number of amides is 2. The van der Waals surface area contributed by atoms with Gasteiger partial charge in [-0.25, -0.2) is 14.6 Å². The highest BCUT2D eigenvalue weighted by molar-refractivity contribution is 6.00. The molecule has 0 radical (unpaired) electrons. The summed E-state index contributed by atoms with van der Waals surface area (Å²) in [6.45, 7) is 0.269. The van der Waals surface area contributed by atoms with Crippen LogP contribution >= 0.6 is 0 Å². The monoisotopic (exact) mass is 458 g/mol. The number of carbonyl (C=O) groups excluding carboxylic acids is 2. The molecule has 5 rings (SSSR count). The van der Waals surface area contributed by atoms with Gasteiger partial charge in [-0.2, -0.15) is 5.10 Å². The maximum Gasteiger partial charge on any atom is 0.258 e. The molecule has 2 amide bonds. The van der Waals surface area contributed by atoms with Crippen LogP contribution in [-0.4, -0.2) is 54.2 Å². The summed E-state index contributed by atoms with van der Waals surface area (Å²) in [6.07, 6.45) is 0.468. The van der Waals surface area contributed by atoms with Crippen LogP contribution in [0.25, 0.3) is 22.3 Å². The number of fused-ring (bicyclic) bond motifs is 1. The van der Waals surface area contributed by atoms with E-state index in [2.05, 4.69) is 15.1 Å². The maximum atomic E-state index is 12.2. The van der Waals surface area contributed by atoms with Crippen molar-refractivity contribution in [2.75, 3.05) is 12.3 Å². The fraction of sp³-hybridized carbons (Fsp3) is 0.208. The molecule has 0 aliphatic carbocycles. The molecule has 2 aromatic carbocycles. The number of nitrogen functional groups attached to an aromatic ring is 1. The minimum Gasteiger partial charge on any atom is -0.457 e. The normalized spacial score (nSPS) is 16.3. The van der Waals surface area contributed by atoms with Crippen molar-refractivity contribution in [2.45, 2.75) is 25.5 Å². The van der Waals surface area contributed by atoms with Gasteiger partial charge in [0.2, 0.25) is 5.91 Å². The summed E-state index contributed by atoms with van der Waals surface area (Å²) >= 11 is 0. The van der Waals surface area contributed by atoms with Gasteiger partial charge in [0.25, 0.3) is 5.91 Å². The van der Waals surface area contributed by atoms with Crippen LogP contribution in [0.2, 0.25) is 0 Å². The number of piperidine rings is 1. The Morgan fingerprint density at radius 2 is 1.74 bits per heavy atom. The summed E-state index contributed by atoms with van der Waals surface area (Å²) in [7, 11) is 0. The molecular weight excluding hydrogens is 436 g/mol. The Hall–Kier alpha value is -4.31. The van der Waals surface area contributed by atoms with Crippen LogP contribution in [0.5, 0.6) is 11.5 Å². The van der Waals surface area contributed by atoms with Gasteiger partial charge in [-0.1, -0.05) is 18.2 Å². The maximum absolute atomic E-state index is 12.2. The van der Waals surface area contributed by atoms with Crippen molar-refractivity contribution in [1.82, 2.24) is 24.6 Å². The summed E-state index contributed by atoms with van der Waals surface area (Å²) in [6, 6.07) is 16.9. The van der Waals surface area contributed by atoms with E-state index in [0.717, 1.165) is 16.2 Å². The molecule has 3 heterocycles. The third-order valence-electron chi connectivity index (χ3n) is 5.68. The molecule has 0 spiro atoms. The van der Waals surface area contributed by atoms with E-state index in [1.54, 1.807) is 4.68 Å². The van der Waals surface area contributed by atoms with Crippen LogP contribution in [-0.2, 0) is 16.1 Å². The average molecular weight is 458 g/mol. The van der Waals surface area contributed by atoms with E-state index in [1.807, 2.05) is 54.6 Å². The minimum atomic E-state index is -1.16.